The van der Waals surface area contributed by atoms with Gasteiger partial charge in [-0.15, -0.1) is 11.3 Å². The Kier molecular flexibility index (Phi) is 5.18. The van der Waals surface area contributed by atoms with Gasteiger partial charge in [-0.05, 0) is 25.5 Å². The van der Waals surface area contributed by atoms with Gasteiger partial charge in [-0.25, -0.2) is 9.78 Å². The molecule has 2 heterocycles. The Morgan fingerprint density at radius 3 is 2.93 bits per heavy atom. The molecule has 3 rings (SSSR count). The normalized spacial score (nSPS) is 11.2. The lowest BCUT2D eigenvalue weighted by Gasteiger charge is -2.01. The molecule has 0 bridgehead atoms. The van der Waals surface area contributed by atoms with E-state index in [1.807, 2.05) is 0 Å². The zero-order valence-corrected chi connectivity index (χ0v) is 15.6. The molecule has 0 spiro atoms. The molecule has 0 fully saturated rings. The van der Waals surface area contributed by atoms with Crippen LogP contribution in [0.3, 0.4) is 0 Å². The van der Waals surface area contributed by atoms with Crippen LogP contribution in [0.2, 0.25) is 0 Å². The number of ether oxygens (including phenoxy) is 1. The van der Waals surface area contributed by atoms with Crippen LogP contribution in [-0.2, 0) is 4.74 Å². The molecule has 10 nitrogen and oxygen atoms in total. The van der Waals surface area contributed by atoms with E-state index < -0.39 is 27.9 Å². The van der Waals surface area contributed by atoms with Crippen LogP contribution < -0.4 is 5.56 Å². The van der Waals surface area contributed by atoms with Gasteiger partial charge in [0.15, 0.2) is 0 Å². The van der Waals surface area contributed by atoms with E-state index in [0.717, 1.165) is 28.3 Å². The second kappa shape index (κ2) is 7.56. The summed E-state index contributed by atoms with van der Waals surface area (Å²) in [6, 6.07) is 3.95. The van der Waals surface area contributed by atoms with Crippen molar-refractivity contribution in [1.82, 2.24) is 9.66 Å². The van der Waals surface area contributed by atoms with Gasteiger partial charge in [0, 0.05) is 11.6 Å². The number of hydrogen-bond donors (Lipinski definition) is 1. The van der Waals surface area contributed by atoms with Crippen molar-refractivity contribution >= 4 is 39.4 Å². The molecule has 0 unspecified atom stereocenters. The van der Waals surface area contributed by atoms with E-state index in [1.165, 1.54) is 18.5 Å². The molecule has 0 saturated carbocycles. The predicted octanol–water partition coefficient (Wildman–Crippen LogP) is 2.44. The summed E-state index contributed by atoms with van der Waals surface area (Å²) in [5, 5.41) is 25.0. The number of aromatic nitrogens is 2. The third kappa shape index (κ3) is 3.34. The molecule has 28 heavy (non-hydrogen) atoms. The summed E-state index contributed by atoms with van der Waals surface area (Å²) in [6.45, 7) is 3.51. The smallest absolute Gasteiger partial charge is 0.348 e. The molecular weight excluding hydrogens is 388 g/mol. The monoisotopic (exact) mass is 402 g/mol. The third-order valence-electron chi connectivity index (χ3n) is 3.86. The van der Waals surface area contributed by atoms with Crippen molar-refractivity contribution in [2.45, 2.75) is 13.8 Å². The van der Waals surface area contributed by atoms with Gasteiger partial charge in [-0.2, -0.15) is 9.78 Å². The molecule has 0 amide bonds. The SMILES string of the molecule is CCOC(=O)c1sc2ncn(N=Cc3cccc([N+](=O)[O-])c3O)c(=O)c2c1C. The Hall–Kier alpha value is -3.60. The number of phenols is 1. The molecule has 1 N–H and O–H groups in total. The fourth-order valence-electron chi connectivity index (χ4n) is 2.51. The number of phenolic OH excluding ortho intramolecular Hbond substituents is 1. The Morgan fingerprint density at radius 1 is 1.50 bits per heavy atom. The summed E-state index contributed by atoms with van der Waals surface area (Å²) < 4.78 is 5.91. The van der Waals surface area contributed by atoms with Gasteiger partial charge in [0.1, 0.15) is 16.0 Å². The second-order valence-corrected chi connectivity index (χ2v) is 6.57. The largest absolute Gasteiger partial charge is 0.502 e. The molecule has 11 heteroatoms. The maximum absolute atomic E-state index is 12.7. The topological polar surface area (TPSA) is 137 Å². The minimum absolute atomic E-state index is 0.0652. The van der Waals surface area contributed by atoms with Crippen LogP contribution in [0.4, 0.5) is 5.69 Å². The number of hydrogen-bond acceptors (Lipinski definition) is 9. The number of nitro groups is 1. The number of rotatable bonds is 5. The Balaban J connectivity index is 2.05. The van der Waals surface area contributed by atoms with Gasteiger partial charge >= 0.3 is 11.7 Å². The van der Waals surface area contributed by atoms with Crippen LogP contribution in [0, 0.1) is 17.0 Å². The average Bonchev–Trinajstić information content (AvgIpc) is 2.99. The number of nitro benzene ring substituents is 1. The zero-order valence-electron chi connectivity index (χ0n) is 14.8. The summed E-state index contributed by atoms with van der Waals surface area (Å²) in [5.74, 6) is -1.09. The molecule has 1 aromatic carbocycles. The first kappa shape index (κ1) is 19.2. The first-order valence-corrected chi connectivity index (χ1v) is 8.85. The van der Waals surface area contributed by atoms with Gasteiger partial charge in [0.25, 0.3) is 5.56 Å². The van der Waals surface area contributed by atoms with Crippen LogP contribution in [-0.4, -0.2) is 38.5 Å². The number of benzene rings is 1. The summed E-state index contributed by atoms with van der Waals surface area (Å²) in [6.07, 6.45) is 2.28. The van der Waals surface area contributed by atoms with Gasteiger partial charge in [0.05, 0.1) is 23.1 Å². The van der Waals surface area contributed by atoms with Crippen molar-refractivity contribution < 1.29 is 19.6 Å². The third-order valence-corrected chi connectivity index (χ3v) is 5.04. The molecule has 0 aliphatic carbocycles. The van der Waals surface area contributed by atoms with Crippen LogP contribution >= 0.6 is 11.3 Å². The number of carbonyl (C=O) groups is 1. The van der Waals surface area contributed by atoms with Crippen molar-refractivity contribution in [1.29, 1.82) is 0 Å². The maximum Gasteiger partial charge on any atom is 0.348 e. The van der Waals surface area contributed by atoms with E-state index in [0.29, 0.717) is 15.3 Å². The predicted molar refractivity (Wildman–Crippen MR) is 102 cm³/mol. The molecule has 0 atom stereocenters. The molecule has 0 radical (unpaired) electrons. The van der Waals surface area contributed by atoms with Crippen molar-refractivity contribution in [3.8, 4) is 5.75 Å². The summed E-state index contributed by atoms with van der Waals surface area (Å²) in [4.78, 5) is 39.7. The highest BCUT2D eigenvalue weighted by Gasteiger charge is 2.20. The maximum atomic E-state index is 12.7. The van der Waals surface area contributed by atoms with E-state index in [1.54, 1.807) is 13.8 Å². The number of para-hydroxylation sites is 1. The summed E-state index contributed by atoms with van der Waals surface area (Å²) in [7, 11) is 0. The van der Waals surface area contributed by atoms with Gasteiger partial charge in [0.2, 0.25) is 5.75 Å². The van der Waals surface area contributed by atoms with E-state index in [4.69, 9.17) is 4.74 Å². The fraction of sp³-hybridized carbons (Fsp3) is 0.176. The minimum atomic E-state index is -0.724. The van der Waals surface area contributed by atoms with E-state index >= 15 is 0 Å². The number of esters is 1. The lowest BCUT2D eigenvalue weighted by molar-refractivity contribution is -0.385. The lowest BCUT2D eigenvalue weighted by Crippen LogP contribution is -2.17. The number of fused-ring (bicyclic) bond motifs is 1. The quantitative estimate of drug-likeness (QED) is 0.299. The molecule has 0 aliphatic rings. The van der Waals surface area contributed by atoms with Gasteiger partial charge in [-0.3, -0.25) is 14.9 Å². The summed E-state index contributed by atoms with van der Waals surface area (Å²) in [5.41, 5.74) is -0.484. The van der Waals surface area contributed by atoms with Gasteiger partial charge in [-0.1, -0.05) is 6.07 Å². The van der Waals surface area contributed by atoms with E-state index in [-0.39, 0.29) is 17.6 Å². The molecule has 0 saturated heterocycles. The van der Waals surface area contributed by atoms with Crippen molar-refractivity contribution in [2.24, 2.45) is 5.10 Å². The number of aromatic hydroxyl groups is 1. The lowest BCUT2D eigenvalue weighted by atomic mass is 10.2. The van der Waals surface area contributed by atoms with E-state index in [9.17, 15) is 24.8 Å². The van der Waals surface area contributed by atoms with Crippen molar-refractivity contribution in [2.75, 3.05) is 6.61 Å². The number of nitrogens with zero attached hydrogens (tertiary/aromatic N) is 4. The molecule has 3 aromatic rings. The minimum Gasteiger partial charge on any atom is -0.502 e. The second-order valence-electron chi connectivity index (χ2n) is 5.57. The molecular formula is C17H14N4O6S. The first-order valence-electron chi connectivity index (χ1n) is 8.03. The Labute approximate surface area is 161 Å². The first-order chi connectivity index (χ1) is 13.3. The van der Waals surface area contributed by atoms with E-state index in [2.05, 4.69) is 10.1 Å². The Bertz CT molecular complexity index is 1180. The molecule has 0 aliphatic heterocycles. The zero-order chi connectivity index (χ0) is 20.4. The Morgan fingerprint density at radius 2 is 2.25 bits per heavy atom. The average molecular weight is 402 g/mol. The van der Waals surface area contributed by atoms with Gasteiger partial charge < -0.3 is 9.84 Å². The number of thiophene rings is 1. The number of aryl methyl sites for hydroxylation is 1. The van der Waals surface area contributed by atoms with Crippen LogP contribution in [0.1, 0.15) is 27.7 Å². The van der Waals surface area contributed by atoms with Crippen LogP contribution in [0.25, 0.3) is 10.2 Å². The number of carbonyl (C=O) groups excluding carboxylic acids is 1. The standard InChI is InChI=1S/C17H14N4O6S/c1-3-27-17(24)14-9(2)12-15(28-14)18-8-20(16(12)23)19-7-10-5-4-6-11(13(10)22)21(25)26/h4-8,22H,3H2,1-2H3. The highest BCUT2D eigenvalue weighted by atomic mass is 32.1. The van der Waals surface area contributed by atoms with Crippen LogP contribution in [0.15, 0.2) is 34.4 Å². The van der Waals surface area contributed by atoms with Crippen molar-refractivity contribution in [3.63, 3.8) is 0 Å². The highest BCUT2D eigenvalue weighted by molar-refractivity contribution is 7.20. The molecule has 144 valence electrons. The summed E-state index contributed by atoms with van der Waals surface area (Å²) >= 11 is 1.05. The highest BCUT2D eigenvalue weighted by Crippen LogP contribution is 2.29. The van der Waals surface area contributed by atoms with Crippen LogP contribution in [0.5, 0.6) is 5.75 Å². The fourth-order valence-corrected chi connectivity index (χ4v) is 3.55. The molecule has 2 aromatic heterocycles. The van der Waals surface area contributed by atoms with Crippen molar-refractivity contribution in [3.05, 3.63) is 61.0 Å².